The molecule has 3 heteroatoms. The van der Waals surface area contributed by atoms with Crippen LogP contribution in [0.1, 0.15) is 22.3 Å². The summed E-state index contributed by atoms with van der Waals surface area (Å²) in [5.74, 6) is 1.76. The minimum atomic E-state index is 0.879. The highest BCUT2D eigenvalue weighted by atomic mass is 16.5. The number of nitrogens with zero attached hydrogens (tertiary/aromatic N) is 2. The summed E-state index contributed by atoms with van der Waals surface area (Å²) in [6.45, 7) is 8.24. The molecule has 0 unspecified atom stereocenters. The number of hydrogen-bond acceptors (Lipinski definition) is 3. The van der Waals surface area contributed by atoms with Crippen LogP contribution in [-0.2, 0) is 0 Å². The second-order valence-corrected chi connectivity index (χ2v) is 7.60. The van der Waals surface area contributed by atoms with Crippen LogP contribution >= 0.6 is 0 Å². The molecule has 0 aliphatic heterocycles. The molecule has 4 aromatic carbocycles. The van der Waals surface area contributed by atoms with Crippen LogP contribution in [0.2, 0.25) is 0 Å². The molecule has 0 aromatic heterocycles. The van der Waals surface area contributed by atoms with Crippen LogP contribution in [-0.4, -0.2) is 0 Å². The fraction of sp³-hybridized carbons (Fsp3) is 0.143. The van der Waals surface area contributed by atoms with Gasteiger partial charge in [0.05, 0.1) is 11.4 Å². The molecule has 0 aliphatic rings. The molecule has 0 saturated carbocycles. The van der Waals surface area contributed by atoms with Gasteiger partial charge in [0.25, 0.3) is 0 Å². The van der Waals surface area contributed by atoms with Gasteiger partial charge in [-0.25, -0.2) is 0 Å². The smallest absolute Gasteiger partial charge is 0.127 e. The molecule has 0 N–H and O–H groups in total. The van der Waals surface area contributed by atoms with Gasteiger partial charge < -0.3 is 4.74 Å². The molecule has 0 bridgehead atoms. The zero-order valence-electron chi connectivity index (χ0n) is 18.5. The maximum Gasteiger partial charge on any atom is 0.127 e. The van der Waals surface area contributed by atoms with Crippen molar-refractivity contribution in [2.45, 2.75) is 27.7 Å². The normalized spacial score (nSPS) is 10.5. The Morgan fingerprint density at radius 2 is 0.645 bits per heavy atom. The molecule has 0 fully saturated rings. The van der Waals surface area contributed by atoms with Crippen molar-refractivity contribution < 1.29 is 4.74 Å². The topological polar surface area (TPSA) is 34.0 Å². The molecule has 3 nitrogen and oxygen atoms in total. The lowest BCUT2D eigenvalue weighted by molar-refractivity contribution is 0.482. The molecular formula is C28H28N2O. The zero-order valence-corrected chi connectivity index (χ0v) is 18.5. The number of rotatable bonds is 4. The molecule has 0 radical (unpaired) electrons. The standard InChI is InChI=1S/C14H14N2.C14H14O/c1-11-3-7-13(8-4-11)15-16-14-9-5-12(2)6-10-14;1-11-3-7-13(8-4-11)15-14-9-5-12(2)6-10-14/h3-10H,1-2H3;3-10H,1-2H3. The monoisotopic (exact) mass is 408 g/mol. The number of benzene rings is 4. The first-order valence-corrected chi connectivity index (χ1v) is 10.3. The molecule has 4 aromatic rings. The van der Waals surface area contributed by atoms with E-state index in [-0.39, 0.29) is 0 Å². The van der Waals surface area contributed by atoms with Gasteiger partial charge in [-0.1, -0.05) is 70.8 Å². The van der Waals surface area contributed by atoms with Crippen LogP contribution < -0.4 is 4.74 Å². The Hall–Kier alpha value is -3.72. The van der Waals surface area contributed by atoms with Crippen LogP contribution in [0.3, 0.4) is 0 Å². The molecule has 0 aliphatic carbocycles. The molecule has 4 rings (SSSR count). The Bertz CT molecular complexity index is 1000. The van der Waals surface area contributed by atoms with Crippen LogP contribution in [0.5, 0.6) is 11.5 Å². The summed E-state index contributed by atoms with van der Waals surface area (Å²) >= 11 is 0. The summed E-state index contributed by atoms with van der Waals surface area (Å²) in [7, 11) is 0. The lowest BCUT2D eigenvalue weighted by Crippen LogP contribution is -1.84. The zero-order chi connectivity index (χ0) is 22.1. The van der Waals surface area contributed by atoms with Gasteiger partial charge in [0.15, 0.2) is 0 Å². The molecule has 31 heavy (non-hydrogen) atoms. The fourth-order valence-corrected chi connectivity index (χ4v) is 2.69. The number of ether oxygens (including phenoxy) is 1. The Labute approximate surface area is 185 Å². The summed E-state index contributed by atoms with van der Waals surface area (Å²) in [6.07, 6.45) is 0. The summed E-state index contributed by atoms with van der Waals surface area (Å²) in [6, 6.07) is 32.1. The third-order valence-corrected chi connectivity index (χ3v) is 4.63. The van der Waals surface area contributed by atoms with E-state index in [0.717, 1.165) is 22.9 Å². The van der Waals surface area contributed by atoms with E-state index < -0.39 is 0 Å². The van der Waals surface area contributed by atoms with Gasteiger partial charge in [-0.05, 0) is 76.2 Å². The number of azo groups is 1. The summed E-state index contributed by atoms with van der Waals surface area (Å²) < 4.78 is 5.69. The van der Waals surface area contributed by atoms with E-state index in [0.29, 0.717) is 0 Å². The van der Waals surface area contributed by atoms with Crippen LogP contribution in [0, 0.1) is 27.7 Å². The van der Waals surface area contributed by atoms with Crippen molar-refractivity contribution in [2.75, 3.05) is 0 Å². The maximum atomic E-state index is 5.69. The summed E-state index contributed by atoms with van der Waals surface area (Å²) in [4.78, 5) is 0. The van der Waals surface area contributed by atoms with E-state index in [1.807, 2.05) is 97.1 Å². The second kappa shape index (κ2) is 10.9. The van der Waals surface area contributed by atoms with Gasteiger partial charge in [-0.15, -0.1) is 0 Å². The van der Waals surface area contributed by atoms with E-state index in [9.17, 15) is 0 Å². The Morgan fingerprint density at radius 1 is 0.387 bits per heavy atom. The second-order valence-electron chi connectivity index (χ2n) is 7.60. The maximum absolute atomic E-state index is 5.69. The number of aryl methyl sites for hydroxylation is 4. The van der Waals surface area contributed by atoms with Gasteiger partial charge >= 0.3 is 0 Å². The third-order valence-electron chi connectivity index (χ3n) is 4.63. The van der Waals surface area contributed by atoms with Crippen molar-refractivity contribution in [3.8, 4) is 11.5 Å². The molecule has 0 heterocycles. The predicted octanol–water partition coefficient (Wildman–Crippen LogP) is 8.81. The van der Waals surface area contributed by atoms with Gasteiger partial charge in [0.2, 0.25) is 0 Å². The van der Waals surface area contributed by atoms with Crippen LogP contribution in [0.25, 0.3) is 0 Å². The SMILES string of the molecule is Cc1ccc(N=Nc2ccc(C)cc2)cc1.Cc1ccc(Oc2ccc(C)cc2)cc1. The molecule has 0 atom stereocenters. The van der Waals surface area contributed by atoms with Gasteiger partial charge in [-0.3, -0.25) is 0 Å². The fourth-order valence-electron chi connectivity index (χ4n) is 2.69. The van der Waals surface area contributed by atoms with E-state index in [1.54, 1.807) is 0 Å². The van der Waals surface area contributed by atoms with Gasteiger partial charge in [0, 0.05) is 0 Å². The quantitative estimate of drug-likeness (QED) is 0.311. The van der Waals surface area contributed by atoms with Crippen molar-refractivity contribution >= 4 is 11.4 Å². The van der Waals surface area contributed by atoms with Gasteiger partial charge in [0.1, 0.15) is 11.5 Å². The molecule has 156 valence electrons. The van der Waals surface area contributed by atoms with E-state index in [1.165, 1.54) is 22.3 Å². The third kappa shape index (κ3) is 7.56. The largest absolute Gasteiger partial charge is 0.457 e. The Kier molecular flexibility index (Phi) is 7.72. The van der Waals surface area contributed by atoms with Crippen molar-refractivity contribution in [2.24, 2.45) is 10.2 Å². The van der Waals surface area contributed by atoms with E-state index >= 15 is 0 Å². The molecule has 0 saturated heterocycles. The minimum Gasteiger partial charge on any atom is -0.457 e. The Balaban J connectivity index is 0.000000176. The first kappa shape index (κ1) is 22.0. The van der Waals surface area contributed by atoms with Crippen molar-refractivity contribution in [3.63, 3.8) is 0 Å². The van der Waals surface area contributed by atoms with E-state index in [4.69, 9.17) is 4.74 Å². The lowest BCUT2D eigenvalue weighted by atomic mass is 10.2. The lowest BCUT2D eigenvalue weighted by Gasteiger charge is -2.05. The van der Waals surface area contributed by atoms with Crippen molar-refractivity contribution in [3.05, 3.63) is 119 Å². The summed E-state index contributed by atoms with van der Waals surface area (Å²) in [5, 5.41) is 8.34. The van der Waals surface area contributed by atoms with Crippen molar-refractivity contribution in [1.82, 2.24) is 0 Å². The first-order valence-electron chi connectivity index (χ1n) is 10.3. The highest BCUT2D eigenvalue weighted by Gasteiger charge is 1.96. The minimum absolute atomic E-state index is 0.879. The highest BCUT2D eigenvalue weighted by molar-refractivity contribution is 5.41. The van der Waals surface area contributed by atoms with Crippen LogP contribution in [0.4, 0.5) is 11.4 Å². The highest BCUT2D eigenvalue weighted by Crippen LogP contribution is 2.22. The first-order chi connectivity index (χ1) is 15.0. The van der Waals surface area contributed by atoms with Crippen LogP contribution in [0.15, 0.2) is 107 Å². The van der Waals surface area contributed by atoms with Crippen molar-refractivity contribution in [1.29, 1.82) is 0 Å². The number of hydrogen-bond donors (Lipinski definition) is 0. The predicted molar refractivity (Wildman–Crippen MR) is 129 cm³/mol. The Morgan fingerprint density at radius 3 is 0.935 bits per heavy atom. The molecule has 0 spiro atoms. The summed E-state index contributed by atoms with van der Waals surface area (Å²) in [5.41, 5.74) is 6.71. The van der Waals surface area contributed by atoms with Gasteiger partial charge in [-0.2, -0.15) is 10.2 Å². The van der Waals surface area contributed by atoms with E-state index in [2.05, 4.69) is 37.9 Å². The average Bonchev–Trinajstić information content (AvgIpc) is 2.78. The molecule has 0 amide bonds. The average molecular weight is 409 g/mol. The molecular weight excluding hydrogens is 380 g/mol.